The average molecular weight is 393 g/mol. The molecule has 148 valence electrons. The van der Waals surface area contributed by atoms with Crippen molar-refractivity contribution in [2.24, 2.45) is 0 Å². The van der Waals surface area contributed by atoms with Gasteiger partial charge in [-0.2, -0.15) is 4.98 Å². The molecule has 0 aliphatic carbocycles. The predicted octanol–water partition coefficient (Wildman–Crippen LogP) is 2.41. The number of rotatable bonds is 5. The maximum absolute atomic E-state index is 12.6. The maximum Gasteiger partial charge on any atom is 0.298 e. The van der Waals surface area contributed by atoms with E-state index in [1.54, 1.807) is 48.8 Å². The second-order valence-electron chi connectivity index (χ2n) is 6.31. The smallest absolute Gasteiger partial charge is 0.298 e. The van der Waals surface area contributed by atoms with E-state index < -0.39 is 5.91 Å². The van der Waals surface area contributed by atoms with Gasteiger partial charge in [-0.3, -0.25) is 14.6 Å². The molecule has 3 heterocycles. The molecule has 1 aliphatic rings. The zero-order chi connectivity index (χ0) is 20.1. The van der Waals surface area contributed by atoms with Crippen LogP contribution in [0.5, 0.6) is 0 Å². The average Bonchev–Trinajstić information content (AvgIpc) is 3.26. The predicted molar refractivity (Wildman–Crippen MR) is 106 cm³/mol. The number of amides is 2. The molecule has 0 unspecified atom stereocenters. The van der Waals surface area contributed by atoms with E-state index in [-0.39, 0.29) is 11.6 Å². The van der Waals surface area contributed by atoms with Gasteiger partial charge in [-0.25, -0.2) is 0 Å². The highest BCUT2D eigenvalue weighted by Crippen LogP contribution is 2.20. The molecule has 2 N–H and O–H groups in total. The van der Waals surface area contributed by atoms with Crippen molar-refractivity contribution in [1.29, 1.82) is 0 Å². The minimum atomic E-state index is -0.463. The first-order valence-corrected chi connectivity index (χ1v) is 9.11. The van der Waals surface area contributed by atoms with Crippen molar-refractivity contribution in [2.45, 2.75) is 0 Å². The Morgan fingerprint density at radius 1 is 1.00 bits per heavy atom. The molecule has 0 atom stereocenters. The molecule has 0 bridgehead atoms. The third-order valence-electron chi connectivity index (χ3n) is 4.35. The SMILES string of the molecule is O=C(Nc1ccccc1C(=O)Nc1cccnc1)c1coc(N2CCOCC2)n1. The lowest BCUT2D eigenvalue weighted by Crippen LogP contribution is -2.36. The second-order valence-corrected chi connectivity index (χ2v) is 6.31. The van der Waals surface area contributed by atoms with Crippen molar-refractivity contribution in [2.75, 3.05) is 41.8 Å². The molecule has 1 fully saturated rings. The quantitative estimate of drug-likeness (QED) is 0.685. The molecule has 29 heavy (non-hydrogen) atoms. The first-order valence-electron chi connectivity index (χ1n) is 9.11. The Morgan fingerprint density at radius 2 is 1.83 bits per heavy atom. The number of oxazole rings is 1. The van der Waals surface area contributed by atoms with Crippen LogP contribution in [0, 0.1) is 0 Å². The van der Waals surface area contributed by atoms with Crippen LogP contribution < -0.4 is 15.5 Å². The van der Waals surface area contributed by atoms with Crippen LogP contribution in [0.1, 0.15) is 20.8 Å². The number of anilines is 3. The number of aromatic nitrogens is 2. The van der Waals surface area contributed by atoms with Gasteiger partial charge in [0.1, 0.15) is 6.26 Å². The fraction of sp³-hybridized carbons (Fsp3) is 0.200. The number of morpholine rings is 1. The zero-order valence-electron chi connectivity index (χ0n) is 15.5. The van der Waals surface area contributed by atoms with E-state index in [4.69, 9.17) is 9.15 Å². The van der Waals surface area contributed by atoms with Crippen LogP contribution in [-0.2, 0) is 4.74 Å². The Kier molecular flexibility index (Phi) is 5.48. The molecular weight excluding hydrogens is 374 g/mol. The molecule has 3 aromatic rings. The minimum Gasteiger partial charge on any atom is -0.431 e. The Hall–Kier alpha value is -3.72. The van der Waals surface area contributed by atoms with Crippen molar-refractivity contribution in [1.82, 2.24) is 9.97 Å². The number of carbonyl (C=O) groups is 2. The Morgan fingerprint density at radius 3 is 2.62 bits per heavy atom. The van der Waals surface area contributed by atoms with E-state index in [1.807, 2.05) is 4.90 Å². The van der Waals surface area contributed by atoms with E-state index in [1.165, 1.54) is 6.26 Å². The number of hydrogen-bond donors (Lipinski definition) is 2. The summed E-state index contributed by atoms with van der Waals surface area (Å²) in [5.41, 5.74) is 1.38. The van der Waals surface area contributed by atoms with Crippen molar-refractivity contribution < 1.29 is 18.7 Å². The molecule has 9 heteroatoms. The monoisotopic (exact) mass is 393 g/mol. The first kappa shape index (κ1) is 18.6. The summed E-state index contributed by atoms with van der Waals surface area (Å²) in [6, 6.07) is 10.6. The molecule has 4 rings (SSSR count). The lowest BCUT2D eigenvalue weighted by Gasteiger charge is -2.24. The van der Waals surface area contributed by atoms with E-state index in [0.717, 1.165) is 0 Å². The first-order chi connectivity index (χ1) is 14.2. The molecule has 2 amide bonds. The van der Waals surface area contributed by atoms with Gasteiger partial charge in [0.25, 0.3) is 17.8 Å². The van der Waals surface area contributed by atoms with Crippen LogP contribution >= 0.6 is 0 Å². The van der Waals surface area contributed by atoms with Crippen molar-refractivity contribution in [3.05, 3.63) is 66.3 Å². The lowest BCUT2D eigenvalue weighted by atomic mass is 10.1. The van der Waals surface area contributed by atoms with E-state index >= 15 is 0 Å². The fourth-order valence-electron chi connectivity index (χ4n) is 2.88. The molecular formula is C20H19N5O4. The molecule has 1 aliphatic heterocycles. The van der Waals surface area contributed by atoms with E-state index in [2.05, 4.69) is 20.6 Å². The Labute approximate surface area is 166 Å². The number of benzene rings is 1. The van der Waals surface area contributed by atoms with Crippen molar-refractivity contribution in [3.63, 3.8) is 0 Å². The molecule has 0 spiro atoms. The Balaban J connectivity index is 1.47. The zero-order valence-corrected chi connectivity index (χ0v) is 15.5. The van der Waals surface area contributed by atoms with Gasteiger partial charge in [0.15, 0.2) is 5.69 Å². The van der Waals surface area contributed by atoms with Gasteiger partial charge in [-0.15, -0.1) is 0 Å². The van der Waals surface area contributed by atoms with Crippen LogP contribution in [-0.4, -0.2) is 48.1 Å². The number of ether oxygens (including phenoxy) is 1. The summed E-state index contributed by atoms with van der Waals surface area (Å²) in [7, 11) is 0. The highest BCUT2D eigenvalue weighted by Gasteiger charge is 2.20. The molecule has 1 saturated heterocycles. The largest absolute Gasteiger partial charge is 0.431 e. The molecule has 2 aromatic heterocycles. The Bertz CT molecular complexity index is 999. The highest BCUT2D eigenvalue weighted by atomic mass is 16.5. The number of pyridine rings is 1. The molecule has 1 aromatic carbocycles. The lowest BCUT2D eigenvalue weighted by molar-refractivity contribution is 0.102. The standard InChI is InChI=1S/C20H19N5O4/c26-18(22-14-4-3-7-21-12-14)15-5-1-2-6-16(15)23-19(27)17-13-29-20(24-17)25-8-10-28-11-9-25/h1-7,12-13H,8-11H2,(H,22,26)(H,23,27). The van der Waals surface area contributed by atoms with Gasteiger partial charge < -0.3 is 24.7 Å². The summed E-state index contributed by atoms with van der Waals surface area (Å²) in [5.74, 6) is -0.821. The van der Waals surface area contributed by atoms with Crippen LogP contribution in [0.2, 0.25) is 0 Å². The summed E-state index contributed by atoms with van der Waals surface area (Å²) < 4.78 is 10.7. The summed E-state index contributed by atoms with van der Waals surface area (Å²) >= 11 is 0. The van der Waals surface area contributed by atoms with Gasteiger partial charge in [0, 0.05) is 19.3 Å². The van der Waals surface area contributed by atoms with Crippen molar-refractivity contribution >= 4 is 29.2 Å². The molecule has 0 radical (unpaired) electrons. The van der Waals surface area contributed by atoms with Crippen LogP contribution in [0.25, 0.3) is 0 Å². The van der Waals surface area contributed by atoms with Gasteiger partial charge in [0.05, 0.1) is 36.3 Å². The number of para-hydroxylation sites is 1. The maximum atomic E-state index is 12.6. The van der Waals surface area contributed by atoms with Crippen LogP contribution in [0.15, 0.2) is 59.5 Å². The number of nitrogens with one attached hydrogen (secondary N) is 2. The fourth-order valence-corrected chi connectivity index (χ4v) is 2.88. The van der Waals surface area contributed by atoms with Gasteiger partial charge in [-0.1, -0.05) is 12.1 Å². The van der Waals surface area contributed by atoms with Crippen molar-refractivity contribution in [3.8, 4) is 0 Å². The van der Waals surface area contributed by atoms with Crippen LogP contribution in [0.4, 0.5) is 17.4 Å². The van der Waals surface area contributed by atoms with Gasteiger partial charge >= 0.3 is 0 Å². The number of hydrogen-bond acceptors (Lipinski definition) is 7. The van der Waals surface area contributed by atoms with Gasteiger partial charge in [-0.05, 0) is 24.3 Å². The summed E-state index contributed by atoms with van der Waals surface area (Å²) in [6.45, 7) is 2.48. The third-order valence-corrected chi connectivity index (χ3v) is 4.35. The van der Waals surface area contributed by atoms with E-state index in [9.17, 15) is 9.59 Å². The normalized spacial score (nSPS) is 13.7. The highest BCUT2D eigenvalue weighted by molar-refractivity contribution is 6.12. The number of nitrogens with zero attached hydrogens (tertiary/aromatic N) is 3. The van der Waals surface area contributed by atoms with E-state index in [0.29, 0.717) is 49.3 Å². The summed E-state index contributed by atoms with van der Waals surface area (Å²) in [4.78, 5) is 35.4. The topological polar surface area (TPSA) is 110 Å². The second kappa shape index (κ2) is 8.53. The molecule has 9 nitrogen and oxygen atoms in total. The third kappa shape index (κ3) is 4.41. The van der Waals surface area contributed by atoms with Crippen LogP contribution in [0.3, 0.4) is 0 Å². The number of carbonyl (C=O) groups excluding carboxylic acids is 2. The van der Waals surface area contributed by atoms with Gasteiger partial charge in [0.2, 0.25) is 0 Å². The summed E-state index contributed by atoms with van der Waals surface area (Å²) in [5, 5.41) is 5.48. The minimum absolute atomic E-state index is 0.133. The summed E-state index contributed by atoms with van der Waals surface area (Å²) in [6.07, 6.45) is 4.47. The molecule has 0 saturated carbocycles.